The first kappa shape index (κ1) is 49.5. The van der Waals surface area contributed by atoms with Gasteiger partial charge in [-0.2, -0.15) is 0 Å². The maximum atomic E-state index is 14.3. The fraction of sp³-hybridized carbons (Fsp3) is 0.367. The summed E-state index contributed by atoms with van der Waals surface area (Å²) in [6.07, 6.45) is 1.03. The van der Waals surface area contributed by atoms with Gasteiger partial charge in [0.1, 0.15) is 29.4 Å². The number of carbonyl (C=O) groups is 4. The predicted molar refractivity (Wildman–Crippen MR) is 253 cm³/mol. The molecule has 0 spiro atoms. The van der Waals surface area contributed by atoms with Gasteiger partial charge in [0.2, 0.25) is 17.9 Å². The molecule has 1 aliphatic heterocycles. The minimum absolute atomic E-state index is 0.125. The summed E-state index contributed by atoms with van der Waals surface area (Å²) in [4.78, 5) is 63.0. The maximum Gasteiger partial charge on any atom is 0.411 e. The lowest BCUT2D eigenvalue weighted by molar-refractivity contribution is -0.147. The summed E-state index contributed by atoms with van der Waals surface area (Å²) < 4.78 is 19.5. The largest absolute Gasteiger partial charge is 0.478 e. The van der Waals surface area contributed by atoms with E-state index in [-0.39, 0.29) is 25.3 Å². The number of aliphatic carboxylic acids is 1. The Bertz CT molecular complexity index is 2430. The zero-order valence-corrected chi connectivity index (χ0v) is 39.3. The summed E-state index contributed by atoms with van der Waals surface area (Å²) in [5, 5.41) is 20.5. The monoisotopic (exact) mass is 941 g/mol. The van der Waals surface area contributed by atoms with Crippen LogP contribution in [0.15, 0.2) is 103 Å². The summed E-state index contributed by atoms with van der Waals surface area (Å²) in [5.74, 6) is -0.921. The van der Waals surface area contributed by atoms with E-state index < -0.39 is 47.6 Å². The van der Waals surface area contributed by atoms with E-state index in [9.17, 15) is 24.3 Å². The summed E-state index contributed by atoms with van der Waals surface area (Å²) in [6, 6.07) is 26.0. The second-order valence-corrected chi connectivity index (χ2v) is 17.7. The topological polar surface area (TPSA) is 177 Å². The van der Waals surface area contributed by atoms with Crippen molar-refractivity contribution in [3.05, 3.63) is 136 Å². The number of rotatable bonds is 20. The number of ether oxygens (including phenoxy) is 3. The first-order chi connectivity index (χ1) is 31.6. The van der Waals surface area contributed by atoms with Crippen LogP contribution in [0.1, 0.15) is 42.3 Å². The molecule has 17 heteroatoms. The van der Waals surface area contributed by atoms with Gasteiger partial charge in [-0.3, -0.25) is 14.5 Å². The van der Waals surface area contributed by atoms with E-state index in [0.29, 0.717) is 52.9 Å². The number of hydrogen-bond donors (Lipinski definition) is 4. The molecule has 0 radical (unpaired) electrons. The summed E-state index contributed by atoms with van der Waals surface area (Å²) in [7, 11) is 7.34. The third-order valence-electron chi connectivity index (χ3n) is 11.4. The molecular formula is C49H57Cl2N7O8. The molecule has 350 valence electrons. The Labute approximate surface area is 395 Å². The van der Waals surface area contributed by atoms with Gasteiger partial charge in [0.15, 0.2) is 0 Å². The highest BCUT2D eigenvalue weighted by atomic mass is 35.5. The van der Waals surface area contributed by atoms with Gasteiger partial charge < -0.3 is 44.7 Å². The van der Waals surface area contributed by atoms with E-state index in [4.69, 9.17) is 37.4 Å². The van der Waals surface area contributed by atoms with Crippen molar-refractivity contribution in [1.29, 1.82) is 0 Å². The predicted octanol–water partition coefficient (Wildman–Crippen LogP) is 6.88. The number of nitrogens with zero attached hydrogens (tertiary/aromatic N) is 4. The molecular weight excluding hydrogens is 885 g/mol. The Hall–Kier alpha value is -5.97. The molecule has 3 amide bonds. The van der Waals surface area contributed by atoms with Crippen LogP contribution in [0, 0.1) is 0 Å². The molecule has 66 heavy (non-hydrogen) atoms. The molecule has 1 aromatic heterocycles. The van der Waals surface area contributed by atoms with E-state index >= 15 is 0 Å². The fourth-order valence-corrected chi connectivity index (χ4v) is 8.14. The Morgan fingerprint density at radius 3 is 2.29 bits per heavy atom. The van der Waals surface area contributed by atoms with Crippen molar-refractivity contribution in [2.24, 2.45) is 7.05 Å². The van der Waals surface area contributed by atoms with Crippen LogP contribution >= 0.6 is 23.2 Å². The number of carboxylic acid groups (broad SMARTS) is 1. The van der Waals surface area contributed by atoms with Gasteiger partial charge in [-0.05, 0) is 106 Å². The van der Waals surface area contributed by atoms with Gasteiger partial charge in [0, 0.05) is 48.3 Å². The average molecular weight is 943 g/mol. The van der Waals surface area contributed by atoms with Crippen LogP contribution in [0.5, 0.6) is 11.5 Å². The molecule has 15 nitrogen and oxygen atoms in total. The molecule has 2 heterocycles. The molecule has 0 saturated carbocycles. The van der Waals surface area contributed by atoms with Crippen molar-refractivity contribution in [3.8, 4) is 22.8 Å². The highest BCUT2D eigenvalue weighted by molar-refractivity contribution is 6.31. The highest BCUT2D eigenvalue weighted by Crippen LogP contribution is 2.32. The molecule has 1 saturated heterocycles. The lowest BCUT2D eigenvalue weighted by atomic mass is 9.83. The van der Waals surface area contributed by atoms with Crippen LogP contribution in [0.3, 0.4) is 0 Å². The van der Waals surface area contributed by atoms with Crippen molar-refractivity contribution in [2.75, 3.05) is 40.9 Å². The van der Waals surface area contributed by atoms with Crippen molar-refractivity contribution < 1.29 is 38.5 Å². The van der Waals surface area contributed by atoms with E-state index in [0.717, 1.165) is 40.5 Å². The molecule has 6 rings (SSSR count). The van der Waals surface area contributed by atoms with Crippen molar-refractivity contribution >= 4 is 47.1 Å². The Morgan fingerprint density at radius 1 is 0.924 bits per heavy atom. The van der Waals surface area contributed by atoms with Gasteiger partial charge in [-0.25, -0.2) is 14.6 Å². The van der Waals surface area contributed by atoms with Gasteiger partial charge in [0.05, 0.1) is 37.1 Å². The van der Waals surface area contributed by atoms with Crippen LogP contribution in [-0.4, -0.2) is 113 Å². The molecule has 4 aromatic carbocycles. The van der Waals surface area contributed by atoms with Gasteiger partial charge >= 0.3 is 12.1 Å². The quantitative estimate of drug-likeness (QED) is 0.0640. The average Bonchev–Trinajstić information content (AvgIpc) is 3.65. The summed E-state index contributed by atoms with van der Waals surface area (Å²) in [6.45, 7) is 2.98. The second kappa shape index (κ2) is 23.0. The number of carbonyl (C=O) groups excluding carboxylic acids is 3. The van der Waals surface area contributed by atoms with Gasteiger partial charge in [-0.1, -0.05) is 71.7 Å². The molecule has 0 aliphatic carbocycles. The molecule has 4 N–H and O–H groups in total. The smallest absolute Gasteiger partial charge is 0.411 e. The van der Waals surface area contributed by atoms with E-state index in [2.05, 4.69) is 20.9 Å². The Morgan fingerprint density at radius 2 is 1.64 bits per heavy atom. The summed E-state index contributed by atoms with van der Waals surface area (Å²) >= 11 is 12.7. The second-order valence-electron chi connectivity index (χ2n) is 16.8. The molecule has 5 aromatic rings. The lowest BCUT2D eigenvalue weighted by Gasteiger charge is -2.40. The van der Waals surface area contributed by atoms with Crippen molar-refractivity contribution in [2.45, 2.75) is 69.4 Å². The molecule has 4 atom stereocenters. The van der Waals surface area contributed by atoms with Crippen LogP contribution in [0.25, 0.3) is 11.3 Å². The van der Waals surface area contributed by atoms with E-state index in [1.807, 2.05) is 61.1 Å². The number of hydrogen-bond acceptors (Lipinski definition) is 10. The lowest BCUT2D eigenvalue weighted by Crippen LogP contribution is -2.63. The van der Waals surface area contributed by atoms with Crippen LogP contribution < -0.4 is 20.7 Å². The number of halogens is 2. The molecule has 1 fully saturated rings. The minimum atomic E-state index is -1.59. The SMILES string of the molecule is COCC(NC(=O)C(C)N(Cc1ccc(Cl)cc1Oc1ccc(-c2cnc(CN(C)C)n2C)cc1)C(=O)OC(Cc1ccccc1)C(=O)O)C(=O)N[C@@]1(Cc2ccc(Cl)cc2)CCCNC1. The summed E-state index contributed by atoms with van der Waals surface area (Å²) in [5.41, 5.74) is 3.19. The van der Waals surface area contributed by atoms with Gasteiger partial charge in [0.25, 0.3) is 0 Å². The van der Waals surface area contributed by atoms with Crippen LogP contribution in [0.2, 0.25) is 10.0 Å². The standard InChI is InChI=1S/C49H57Cl2N7O8/c1-32(45(59)54-40(30-64-5)46(60)55-49(22-9-23-52-31-49)26-34-12-17-37(50)18-13-34)58(48(63)66-43(47(61)62)24-33-10-7-6-8-11-33)28-36-14-19-38(51)25-42(36)65-39-20-15-35(16-21-39)41-27-53-44(57(41)4)29-56(2)3/h6-8,10-21,25,27,32,40,43,52H,9,22-24,26,28-31H2,1-5H3,(H,54,59)(H,55,60)(H,61,62)/t32?,40?,43?,49-/m1/s1. The number of piperidine rings is 1. The third-order valence-corrected chi connectivity index (χ3v) is 11.9. The molecule has 3 unspecified atom stereocenters. The fourth-order valence-electron chi connectivity index (χ4n) is 7.86. The molecule has 1 aliphatic rings. The number of benzene rings is 4. The zero-order chi connectivity index (χ0) is 47.4. The van der Waals surface area contributed by atoms with E-state index in [1.165, 1.54) is 14.0 Å². The first-order valence-corrected chi connectivity index (χ1v) is 22.4. The number of carboxylic acids is 1. The van der Waals surface area contributed by atoms with Crippen molar-refractivity contribution in [3.63, 3.8) is 0 Å². The maximum absolute atomic E-state index is 14.3. The normalized spacial score (nSPS) is 16.2. The number of methoxy groups -OCH3 is 1. The zero-order valence-electron chi connectivity index (χ0n) is 37.8. The third kappa shape index (κ3) is 13.3. The van der Waals surface area contributed by atoms with Crippen molar-refractivity contribution in [1.82, 2.24) is 35.3 Å². The van der Waals surface area contributed by atoms with Gasteiger partial charge in [-0.15, -0.1) is 0 Å². The highest BCUT2D eigenvalue weighted by Gasteiger charge is 2.38. The molecule has 0 bridgehead atoms. The van der Waals surface area contributed by atoms with Crippen LogP contribution in [-0.2, 0) is 56.8 Å². The minimum Gasteiger partial charge on any atom is -0.478 e. The number of aromatic nitrogens is 2. The van der Waals surface area contributed by atoms with Crippen LogP contribution in [0.4, 0.5) is 4.79 Å². The number of nitrogens with one attached hydrogen (secondary N) is 3. The number of amides is 3. The Balaban J connectivity index is 1.25. The van der Waals surface area contributed by atoms with E-state index in [1.54, 1.807) is 72.8 Å². The first-order valence-electron chi connectivity index (χ1n) is 21.7. The number of imidazole rings is 1. The Kier molecular flexibility index (Phi) is 17.2.